The maximum atomic E-state index is 12.6. The third-order valence-corrected chi connectivity index (χ3v) is 3.92. The Hall–Kier alpha value is -2.42. The lowest BCUT2D eigenvalue weighted by Crippen LogP contribution is -2.49. The first-order valence-electron chi connectivity index (χ1n) is 7.47. The van der Waals surface area contributed by atoms with E-state index in [0.717, 1.165) is 22.5 Å². The zero-order valence-corrected chi connectivity index (χ0v) is 12.8. The lowest BCUT2D eigenvalue weighted by atomic mass is 10.1. The highest BCUT2D eigenvalue weighted by atomic mass is 19.4. The number of rotatable bonds is 2. The summed E-state index contributed by atoms with van der Waals surface area (Å²) in [6.45, 7) is 2.91. The van der Waals surface area contributed by atoms with Crippen LogP contribution in [0.1, 0.15) is 11.1 Å². The van der Waals surface area contributed by atoms with Crippen LogP contribution in [0.2, 0.25) is 0 Å². The molecule has 0 spiro atoms. The summed E-state index contributed by atoms with van der Waals surface area (Å²) in [5, 5.41) is 7.63. The molecule has 2 aromatic rings. The zero-order chi connectivity index (χ0) is 17.2. The van der Waals surface area contributed by atoms with Crippen LogP contribution in [0.4, 0.5) is 18.0 Å². The van der Waals surface area contributed by atoms with Crippen LogP contribution < -0.4 is 0 Å². The van der Waals surface area contributed by atoms with Crippen LogP contribution >= 0.6 is 0 Å². The third kappa shape index (κ3) is 3.73. The van der Waals surface area contributed by atoms with E-state index in [-0.39, 0.29) is 6.03 Å². The Balaban J connectivity index is 1.53. The Morgan fingerprint density at radius 1 is 1.00 bits per heavy atom. The number of halogens is 3. The van der Waals surface area contributed by atoms with Gasteiger partial charge in [0.05, 0.1) is 18.0 Å². The summed E-state index contributed by atoms with van der Waals surface area (Å²) in [5.74, 6) is 0. The van der Waals surface area contributed by atoms with Crippen LogP contribution in [0.15, 0.2) is 36.7 Å². The first-order valence-corrected chi connectivity index (χ1v) is 7.47. The van der Waals surface area contributed by atoms with Crippen LogP contribution in [0, 0.1) is 0 Å². The van der Waals surface area contributed by atoms with E-state index in [9.17, 15) is 18.0 Å². The van der Waals surface area contributed by atoms with Gasteiger partial charge in [0.2, 0.25) is 0 Å². The van der Waals surface area contributed by atoms with Gasteiger partial charge >= 0.3 is 12.2 Å². The first kappa shape index (κ1) is 16.4. The molecule has 1 aromatic heterocycles. The topological polar surface area (TPSA) is 54.3 Å². The second-order valence-electron chi connectivity index (χ2n) is 5.56. The minimum Gasteiger partial charge on any atom is -0.319 e. The predicted molar refractivity (Wildman–Crippen MR) is 79.1 cm³/mol. The van der Waals surface area contributed by atoms with E-state index < -0.39 is 11.7 Å². The maximum Gasteiger partial charge on any atom is 0.416 e. The lowest BCUT2D eigenvalue weighted by molar-refractivity contribution is -0.137. The molecule has 6 nitrogen and oxygen atoms in total. The van der Waals surface area contributed by atoms with Gasteiger partial charge in [0.15, 0.2) is 0 Å². The molecule has 3 rings (SSSR count). The molecule has 1 fully saturated rings. The number of hydrogen-bond acceptors (Lipinski definition) is 4. The Labute approximate surface area is 136 Å². The Morgan fingerprint density at radius 3 is 2.12 bits per heavy atom. The van der Waals surface area contributed by atoms with Crippen LogP contribution in [0.3, 0.4) is 0 Å². The van der Waals surface area contributed by atoms with Gasteiger partial charge in [-0.2, -0.15) is 23.4 Å². The Morgan fingerprint density at radius 2 is 1.58 bits per heavy atom. The van der Waals surface area contributed by atoms with Crippen molar-refractivity contribution < 1.29 is 18.0 Å². The fourth-order valence-corrected chi connectivity index (χ4v) is 2.60. The van der Waals surface area contributed by atoms with Gasteiger partial charge < -0.3 is 4.90 Å². The van der Waals surface area contributed by atoms with Gasteiger partial charge in [-0.3, -0.25) is 4.90 Å². The normalized spacial score (nSPS) is 16.4. The molecule has 0 atom stereocenters. The Bertz CT molecular complexity index is 676. The molecule has 9 heteroatoms. The summed E-state index contributed by atoms with van der Waals surface area (Å²) >= 11 is 0. The van der Waals surface area contributed by atoms with Gasteiger partial charge in [-0.1, -0.05) is 16.9 Å². The van der Waals surface area contributed by atoms with E-state index in [0.29, 0.717) is 32.7 Å². The molecule has 1 aliphatic rings. The number of piperazine rings is 1. The van der Waals surface area contributed by atoms with Gasteiger partial charge in [-0.25, -0.2) is 4.79 Å². The fourth-order valence-electron chi connectivity index (χ4n) is 2.60. The molecular weight excluding hydrogens is 323 g/mol. The van der Waals surface area contributed by atoms with Gasteiger partial charge in [-0.15, -0.1) is 0 Å². The van der Waals surface area contributed by atoms with Crippen molar-refractivity contribution >= 4 is 6.03 Å². The average molecular weight is 339 g/mol. The number of alkyl halides is 3. The number of hydrogen-bond donors (Lipinski definition) is 0. The number of carbonyl (C=O) groups excluding carboxylic acids is 1. The van der Waals surface area contributed by atoms with Crippen molar-refractivity contribution in [3.8, 4) is 0 Å². The molecule has 24 heavy (non-hydrogen) atoms. The minimum atomic E-state index is -4.31. The quantitative estimate of drug-likeness (QED) is 0.841. The average Bonchev–Trinajstić information content (AvgIpc) is 3.09. The molecule has 1 saturated heterocycles. The van der Waals surface area contributed by atoms with Gasteiger partial charge in [0.1, 0.15) is 0 Å². The molecule has 1 aromatic carbocycles. The largest absolute Gasteiger partial charge is 0.416 e. The minimum absolute atomic E-state index is 0.269. The van der Waals surface area contributed by atoms with Crippen molar-refractivity contribution in [2.75, 3.05) is 26.2 Å². The third-order valence-electron chi connectivity index (χ3n) is 3.92. The van der Waals surface area contributed by atoms with Crippen molar-refractivity contribution in [3.05, 3.63) is 47.8 Å². The van der Waals surface area contributed by atoms with Gasteiger partial charge in [0, 0.05) is 32.7 Å². The SMILES string of the molecule is O=C(N1CCN(Cc2ccc(C(F)(F)F)cc2)CC1)n1nccn1. The van der Waals surface area contributed by atoms with Crippen molar-refractivity contribution in [2.24, 2.45) is 0 Å². The van der Waals surface area contributed by atoms with E-state index in [2.05, 4.69) is 15.1 Å². The lowest BCUT2D eigenvalue weighted by Gasteiger charge is -2.34. The highest BCUT2D eigenvalue weighted by Gasteiger charge is 2.30. The summed E-state index contributed by atoms with van der Waals surface area (Å²) in [5.41, 5.74) is 0.171. The smallest absolute Gasteiger partial charge is 0.319 e. The van der Waals surface area contributed by atoms with Crippen molar-refractivity contribution in [1.29, 1.82) is 0 Å². The van der Waals surface area contributed by atoms with Crippen molar-refractivity contribution in [2.45, 2.75) is 12.7 Å². The zero-order valence-electron chi connectivity index (χ0n) is 12.8. The summed E-state index contributed by atoms with van der Waals surface area (Å²) < 4.78 is 37.7. The number of amides is 1. The van der Waals surface area contributed by atoms with Crippen molar-refractivity contribution in [1.82, 2.24) is 24.8 Å². The van der Waals surface area contributed by atoms with Crippen LogP contribution in [-0.4, -0.2) is 57.0 Å². The highest BCUT2D eigenvalue weighted by Crippen LogP contribution is 2.29. The van der Waals surface area contributed by atoms with Crippen LogP contribution in [0.5, 0.6) is 0 Å². The van der Waals surface area contributed by atoms with Gasteiger partial charge in [0.25, 0.3) is 0 Å². The second-order valence-corrected chi connectivity index (χ2v) is 5.56. The molecule has 0 N–H and O–H groups in total. The van der Waals surface area contributed by atoms with Gasteiger partial charge in [-0.05, 0) is 17.7 Å². The van der Waals surface area contributed by atoms with Crippen LogP contribution in [0.25, 0.3) is 0 Å². The van der Waals surface area contributed by atoms with E-state index >= 15 is 0 Å². The molecule has 1 amide bonds. The molecule has 0 radical (unpaired) electrons. The summed E-state index contributed by atoms with van der Waals surface area (Å²) in [4.78, 5) is 16.9. The molecular formula is C15H16F3N5O. The Kier molecular flexibility index (Phi) is 4.52. The van der Waals surface area contributed by atoms with E-state index in [1.54, 1.807) is 4.90 Å². The number of aromatic nitrogens is 3. The summed E-state index contributed by atoms with van der Waals surface area (Å²) in [6.07, 6.45) is -1.43. The molecule has 1 aliphatic heterocycles. The van der Waals surface area contributed by atoms with Crippen molar-refractivity contribution in [3.63, 3.8) is 0 Å². The first-order chi connectivity index (χ1) is 11.4. The standard InChI is InChI=1S/C15H16F3N5O/c16-15(17,18)13-3-1-12(2-4-13)11-21-7-9-22(10-8-21)14(24)23-19-5-6-20-23/h1-6H,7-11H2. The second kappa shape index (κ2) is 6.60. The molecule has 0 saturated carbocycles. The molecule has 0 aliphatic carbocycles. The fraction of sp³-hybridized carbons (Fsp3) is 0.400. The molecule has 0 bridgehead atoms. The molecule has 2 heterocycles. The summed E-state index contributed by atoms with van der Waals surface area (Å²) in [7, 11) is 0. The highest BCUT2D eigenvalue weighted by molar-refractivity contribution is 5.74. The number of carbonyl (C=O) groups is 1. The maximum absolute atomic E-state index is 12.6. The molecule has 128 valence electrons. The monoisotopic (exact) mass is 339 g/mol. The van der Waals surface area contributed by atoms with E-state index in [4.69, 9.17) is 0 Å². The number of nitrogens with zero attached hydrogens (tertiary/aromatic N) is 5. The van der Waals surface area contributed by atoms with E-state index in [1.165, 1.54) is 24.5 Å². The van der Waals surface area contributed by atoms with Crippen LogP contribution in [-0.2, 0) is 12.7 Å². The number of benzene rings is 1. The predicted octanol–water partition coefficient (Wildman–Crippen LogP) is 2.08. The van der Waals surface area contributed by atoms with E-state index in [1.807, 2.05) is 0 Å². The molecule has 0 unspecified atom stereocenters. The summed E-state index contributed by atoms with van der Waals surface area (Å²) in [6, 6.07) is 4.91.